The highest BCUT2D eigenvalue weighted by atomic mass is 16.5. The van der Waals surface area contributed by atoms with E-state index in [1.807, 2.05) is 6.07 Å². The van der Waals surface area contributed by atoms with Gasteiger partial charge in [0.25, 0.3) is 0 Å². The Kier molecular flexibility index (Phi) is 4.30. The van der Waals surface area contributed by atoms with Crippen molar-refractivity contribution in [3.8, 4) is 0 Å². The Bertz CT molecular complexity index is 459. The molecule has 104 valence electrons. The highest BCUT2D eigenvalue weighted by Gasteiger charge is 2.21. The van der Waals surface area contributed by atoms with E-state index in [1.54, 1.807) is 12.1 Å². The average Bonchev–Trinajstić information content (AvgIpc) is 2.42. The first-order chi connectivity index (χ1) is 9.11. The molecule has 0 spiro atoms. The van der Waals surface area contributed by atoms with E-state index in [9.17, 15) is 4.79 Å². The summed E-state index contributed by atoms with van der Waals surface area (Å²) in [5, 5.41) is 3.51. The van der Waals surface area contributed by atoms with Crippen molar-refractivity contribution in [2.75, 3.05) is 18.2 Å². The maximum atomic E-state index is 11.4. The van der Waals surface area contributed by atoms with E-state index in [0.29, 0.717) is 23.2 Å². The lowest BCUT2D eigenvalue weighted by Crippen LogP contribution is -2.30. The molecule has 0 aliphatic heterocycles. The molecule has 0 saturated heterocycles. The Hall–Kier alpha value is -1.71. The van der Waals surface area contributed by atoms with Gasteiger partial charge in [-0.3, -0.25) is 0 Å². The monoisotopic (exact) mass is 262 g/mol. The van der Waals surface area contributed by atoms with Crippen LogP contribution in [0.25, 0.3) is 0 Å². The first kappa shape index (κ1) is 13.7. The van der Waals surface area contributed by atoms with Gasteiger partial charge in [-0.25, -0.2) is 4.79 Å². The molecule has 1 aromatic rings. The first-order valence-corrected chi connectivity index (χ1v) is 6.86. The lowest BCUT2D eigenvalue weighted by atomic mass is 9.86. The lowest BCUT2D eigenvalue weighted by Gasteiger charge is -2.30. The molecule has 0 heterocycles. The fraction of sp³-hybridized carbons (Fsp3) is 0.533. The van der Waals surface area contributed by atoms with Crippen LogP contribution in [0.5, 0.6) is 0 Å². The van der Waals surface area contributed by atoms with E-state index < -0.39 is 0 Å². The second-order valence-electron chi connectivity index (χ2n) is 5.31. The smallest absolute Gasteiger partial charge is 0.337 e. The number of carbonyl (C=O) groups is 1. The minimum atomic E-state index is -0.357. The third kappa shape index (κ3) is 3.19. The maximum Gasteiger partial charge on any atom is 0.337 e. The summed E-state index contributed by atoms with van der Waals surface area (Å²) in [5.74, 6) is 0.303. The SMILES string of the molecule is COC(=O)c1ccc(NC2CCCC[C@H]2C)c(N)c1. The second kappa shape index (κ2) is 5.95. The van der Waals surface area contributed by atoms with Crippen LogP contribution in [-0.2, 0) is 4.74 Å². The maximum absolute atomic E-state index is 11.4. The van der Waals surface area contributed by atoms with Crippen LogP contribution < -0.4 is 11.1 Å². The summed E-state index contributed by atoms with van der Waals surface area (Å²) in [5.41, 5.74) is 8.00. The van der Waals surface area contributed by atoms with Crippen molar-refractivity contribution in [1.82, 2.24) is 0 Å². The van der Waals surface area contributed by atoms with Crippen molar-refractivity contribution >= 4 is 17.3 Å². The summed E-state index contributed by atoms with van der Waals surface area (Å²) < 4.78 is 4.68. The molecule has 2 rings (SSSR count). The highest BCUT2D eigenvalue weighted by Crippen LogP contribution is 2.29. The van der Waals surface area contributed by atoms with Crippen molar-refractivity contribution in [3.63, 3.8) is 0 Å². The fourth-order valence-corrected chi connectivity index (χ4v) is 2.67. The second-order valence-corrected chi connectivity index (χ2v) is 5.31. The molecule has 3 N–H and O–H groups in total. The van der Waals surface area contributed by atoms with Gasteiger partial charge < -0.3 is 15.8 Å². The minimum absolute atomic E-state index is 0.357. The van der Waals surface area contributed by atoms with Gasteiger partial charge in [-0.05, 0) is 37.0 Å². The van der Waals surface area contributed by atoms with Gasteiger partial charge in [0, 0.05) is 6.04 Å². The first-order valence-electron chi connectivity index (χ1n) is 6.86. The molecule has 0 aromatic heterocycles. The van der Waals surface area contributed by atoms with Gasteiger partial charge in [-0.2, -0.15) is 0 Å². The molecule has 1 aromatic carbocycles. The minimum Gasteiger partial charge on any atom is -0.465 e. The van der Waals surface area contributed by atoms with Crippen LogP contribution in [0.1, 0.15) is 43.0 Å². The number of rotatable bonds is 3. The van der Waals surface area contributed by atoms with E-state index in [1.165, 1.54) is 32.8 Å². The summed E-state index contributed by atoms with van der Waals surface area (Å²) in [6, 6.07) is 5.75. The summed E-state index contributed by atoms with van der Waals surface area (Å²) in [6.07, 6.45) is 5.02. The molecule has 2 atom stereocenters. The number of nitrogen functional groups attached to an aromatic ring is 1. The summed E-state index contributed by atoms with van der Waals surface area (Å²) >= 11 is 0. The Morgan fingerprint density at radius 1 is 1.37 bits per heavy atom. The molecule has 0 bridgehead atoms. The van der Waals surface area contributed by atoms with Gasteiger partial charge in [-0.1, -0.05) is 19.8 Å². The van der Waals surface area contributed by atoms with Crippen LogP contribution in [0.15, 0.2) is 18.2 Å². The van der Waals surface area contributed by atoms with Gasteiger partial charge >= 0.3 is 5.97 Å². The Balaban J connectivity index is 2.10. The predicted molar refractivity (Wildman–Crippen MR) is 77.2 cm³/mol. The van der Waals surface area contributed by atoms with E-state index in [2.05, 4.69) is 17.0 Å². The number of nitrogens with one attached hydrogen (secondary N) is 1. The number of anilines is 2. The molecule has 1 aliphatic carbocycles. The molecule has 1 aliphatic rings. The van der Waals surface area contributed by atoms with Crippen LogP contribution in [0.4, 0.5) is 11.4 Å². The van der Waals surface area contributed by atoms with Gasteiger partial charge in [0.15, 0.2) is 0 Å². The predicted octanol–water partition coefficient (Wildman–Crippen LogP) is 3.05. The van der Waals surface area contributed by atoms with Crippen molar-refractivity contribution in [3.05, 3.63) is 23.8 Å². The number of methoxy groups -OCH3 is 1. The van der Waals surface area contributed by atoms with Crippen molar-refractivity contribution in [2.45, 2.75) is 38.6 Å². The summed E-state index contributed by atoms with van der Waals surface area (Å²) in [6.45, 7) is 2.27. The van der Waals surface area contributed by atoms with Crippen molar-refractivity contribution in [2.24, 2.45) is 5.92 Å². The molecule has 1 fully saturated rings. The van der Waals surface area contributed by atoms with Crippen molar-refractivity contribution in [1.29, 1.82) is 0 Å². The number of ether oxygens (including phenoxy) is 1. The number of hydrogen-bond acceptors (Lipinski definition) is 4. The number of benzene rings is 1. The van der Waals surface area contributed by atoms with E-state index in [-0.39, 0.29) is 5.97 Å². The standard InChI is InChI=1S/C15H22N2O2/c1-10-5-3-4-6-13(10)17-14-8-7-11(9-12(14)16)15(18)19-2/h7-10,13,17H,3-6,16H2,1-2H3/t10-,13?/m1/s1. The summed E-state index contributed by atoms with van der Waals surface area (Å²) in [4.78, 5) is 11.4. The molecular formula is C15H22N2O2. The van der Waals surface area contributed by atoms with Crippen LogP contribution >= 0.6 is 0 Å². The fourth-order valence-electron chi connectivity index (χ4n) is 2.67. The molecule has 1 unspecified atom stereocenters. The van der Waals surface area contributed by atoms with E-state index in [0.717, 1.165) is 5.69 Å². The number of esters is 1. The van der Waals surface area contributed by atoms with E-state index >= 15 is 0 Å². The van der Waals surface area contributed by atoms with Crippen LogP contribution in [-0.4, -0.2) is 19.1 Å². The quantitative estimate of drug-likeness (QED) is 0.649. The van der Waals surface area contributed by atoms with Crippen molar-refractivity contribution < 1.29 is 9.53 Å². The molecule has 0 radical (unpaired) electrons. The third-order valence-electron chi connectivity index (χ3n) is 3.93. The summed E-state index contributed by atoms with van der Waals surface area (Å²) in [7, 11) is 1.37. The van der Waals surface area contributed by atoms with Crippen LogP contribution in [0, 0.1) is 5.92 Å². The van der Waals surface area contributed by atoms with Gasteiger partial charge in [0.05, 0.1) is 24.0 Å². The van der Waals surface area contributed by atoms with Crippen LogP contribution in [0.2, 0.25) is 0 Å². The van der Waals surface area contributed by atoms with Gasteiger partial charge in [-0.15, -0.1) is 0 Å². The number of carbonyl (C=O) groups excluding carboxylic acids is 1. The lowest BCUT2D eigenvalue weighted by molar-refractivity contribution is 0.0601. The Morgan fingerprint density at radius 3 is 2.74 bits per heavy atom. The number of hydrogen-bond donors (Lipinski definition) is 2. The van der Waals surface area contributed by atoms with E-state index in [4.69, 9.17) is 5.73 Å². The third-order valence-corrected chi connectivity index (χ3v) is 3.93. The topological polar surface area (TPSA) is 64.3 Å². The highest BCUT2D eigenvalue weighted by molar-refractivity contribution is 5.91. The molecule has 4 heteroatoms. The van der Waals surface area contributed by atoms with Crippen LogP contribution in [0.3, 0.4) is 0 Å². The Morgan fingerprint density at radius 2 is 2.11 bits per heavy atom. The normalized spacial score (nSPS) is 22.8. The van der Waals surface area contributed by atoms with Gasteiger partial charge in [0.2, 0.25) is 0 Å². The molecule has 4 nitrogen and oxygen atoms in total. The largest absolute Gasteiger partial charge is 0.465 e. The Labute approximate surface area is 114 Å². The molecule has 19 heavy (non-hydrogen) atoms. The zero-order chi connectivity index (χ0) is 13.8. The molecule has 0 amide bonds. The number of nitrogens with two attached hydrogens (primary N) is 1. The van der Waals surface area contributed by atoms with Gasteiger partial charge in [0.1, 0.15) is 0 Å². The molecule has 1 saturated carbocycles. The zero-order valence-corrected chi connectivity index (χ0v) is 11.6. The average molecular weight is 262 g/mol. The zero-order valence-electron chi connectivity index (χ0n) is 11.6. The molecular weight excluding hydrogens is 240 g/mol.